The van der Waals surface area contributed by atoms with E-state index in [9.17, 15) is 9.59 Å². The van der Waals surface area contributed by atoms with Gasteiger partial charge in [0.25, 0.3) is 0 Å². The Morgan fingerprint density at radius 1 is 1.27 bits per heavy atom. The van der Waals surface area contributed by atoms with E-state index in [0.29, 0.717) is 12.3 Å². The quantitative estimate of drug-likeness (QED) is 0.745. The zero-order valence-electron chi connectivity index (χ0n) is 13.6. The highest BCUT2D eigenvalue weighted by Crippen LogP contribution is 2.21. The SMILES string of the molecule is CCN(CC(=O)NC(C)C)C(=O)CSc1ccc(OC)cc1. The number of hydrogen-bond donors (Lipinski definition) is 1. The summed E-state index contributed by atoms with van der Waals surface area (Å²) < 4.78 is 5.10. The van der Waals surface area contributed by atoms with Crippen LogP contribution < -0.4 is 10.1 Å². The van der Waals surface area contributed by atoms with Crippen LogP contribution in [0.2, 0.25) is 0 Å². The molecule has 0 unspecified atom stereocenters. The second kappa shape index (κ2) is 9.35. The Labute approximate surface area is 136 Å². The van der Waals surface area contributed by atoms with Gasteiger partial charge in [-0.05, 0) is 45.0 Å². The molecular formula is C16H24N2O3S. The average molecular weight is 324 g/mol. The molecule has 6 heteroatoms. The van der Waals surface area contributed by atoms with E-state index >= 15 is 0 Å². The predicted octanol–water partition coefficient (Wildman–Crippen LogP) is 2.16. The number of likely N-dealkylation sites (N-methyl/N-ethyl adjacent to an activating group) is 1. The van der Waals surface area contributed by atoms with Gasteiger partial charge in [0.2, 0.25) is 11.8 Å². The van der Waals surface area contributed by atoms with E-state index < -0.39 is 0 Å². The van der Waals surface area contributed by atoms with Crippen molar-refractivity contribution in [2.45, 2.75) is 31.7 Å². The Bertz CT molecular complexity index is 489. The maximum absolute atomic E-state index is 12.2. The van der Waals surface area contributed by atoms with Crippen molar-refractivity contribution in [2.24, 2.45) is 0 Å². The average Bonchev–Trinajstić information content (AvgIpc) is 2.50. The minimum atomic E-state index is -0.125. The lowest BCUT2D eigenvalue weighted by Gasteiger charge is -2.21. The van der Waals surface area contributed by atoms with Gasteiger partial charge in [0.1, 0.15) is 5.75 Å². The van der Waals surface area contributed by atoms with E-state index in [1.165, 1.54) is 11.8 Å². The van der Waals surface area contributed by atoms with Crippen molar-refractivity contribution in [1.29, 1.82) is 0 Å². The number of thioether (sulfide) groups is 1. The number of nitrogens with one attached hydrogen (secondary N) is 1. The highest BCUT2D eigenvalue weighted by Gasteiger charge is 2.16. The van der Waals surface area contributed by atoms with Crippen LogP contribution in [-0.4, -0.2) is 48.7 Å². The summed E-state index contributed by atoms with van der Waals surface area (Å²) in [7, 11) is 1.62. The number of amides is 2. The zero-order valence-corrected chi connectivity index (χ0v) is 14.4. The van der Waals surface area contributed by atoms with Gasteiger partial charge in [-0.1, -0.05) is 0 Å². The van der Waals surface area contributed by atoms with Gasteiger partial charge in [0.15, 0.2) is 0 Å². The smallest absolute Gasteiger partial charge is 0.239 e. The first kappa shape index (κ1) is 18.4. The van der Waals surface area contributed by atoms with Gasteiger partial charge in [-0.2, -0.15) is 0 Å². The van der Waals surface area contributed by atoms with Crippen LogP contribution in [0, 0.1) is 0 Å². The fourth-order valence-corrected chi connectivity index (χ4v) is 2.63. The molecule has 0 spiro atoms. The van der Waals surface area contributed by atoms with Gasteiger partial charge in [0.05, 0.1) is 19.4 Å². The first-order chi connectivity index (χ1) is 10.5. The van der Waals surface area contributed by atoms with Gasteiger partial charge in [0, 0.05) is 17.5 Å². The third-order valence-corrected chi connectivity index (χ3v) is 3.94. The molecule has 22 heavy (non-hydrogen) atoms. The number of nitrogens with zero attached hydrogens (tertiary/aromatic N) is 1. The largest absolute Gasteiger partial charge is 0.497 e. The number of rotatable bonds is 8. The molecular weight excluding hydrogens is 300 g/mol. The summed E-state index contributed by atoms with van der Waals surface area (Å²) >= 11 is 1.45. The van der Waals surface area contributed by atoms with Crippen molar-refractivity contribution >= 4 is 23.6 Å². The van der Waals surface area contributed by atoms with Gasteiger partial charge < -0.3 is 15.0 Å². The molecule has 0 atom stereocenters. The molecule has 0 aliphatic carbocycles. The molecule has 1 aromatic rings. The minimum Gasteiger partial charge on any atom is -0.497 e. The first-order valence-electron chi connectivity index (χ1n) is 7.30. The molecule has 0 aliphatic rings. The standard InChI is InChI=1S/C16H24N2O3S/c1-5-18(10-15(19)17-12(2)3)16(20)11-22-14-8-6-13(21-4)7-9-14/h6-9,12H,5,10-11H2,1-4H3,(H,17,19). The lowest BCUT2D eigenvalue weighted by molar-refractivity contribution is -0.134. The molecule has 0 radical (unpaired) electrons. The van der Waals surface area contributed by atoms with Crippen molar-refractivity contribution in [3.63, 3.8) is 0 Å². The van der Waals surface area contributed by atoms with Crippen LogP contribution >= 0.6 is 11.8 Å². The normalized spacial score (nSPS) is 10.4. The molecule has 0 saturated carbocycles. The number of ether oxygens (including phenoxy) is 1. The summed E-state index contributed by atoms with van der Waals surface area (Å²) in [4.78, 5) is 26.5. The maximum Gasteiger partial charge on any atom is 0.239 e. The zero-order chi connectivity index (χ0) is 16.5. The first-order valence-corrected chi connectivity index (χ1v) is 8.28. The van der Waals surface area contributed by atoms with Crippen molar-refractivity contribution in [1.82, 2.24) is 10.2 Å². The summed E-state index contributed by atoms with van der Waals surface area (Å²) in [6.45, 7) is 6.30. The highest BCUT2D eigenvalue weighted by molar-refractivity contribution is 8.00. The number of benzene rings is 1. The molecule has 1 rings (SSSR count). The lowest BCUT2D eigenvalue weighted by atomic mass is 10.3. The van der Waals surface area contributed by atoms with Crippen LogP contribution in [0.15, 0.2) is 29.2 Å². The van der Waals surface area contributed by atoms with Crippen LogP contribution in [0.5, 0.6) is 5.75 Å². The maximum atomic E-state index is 12.2. The molecule has 0 fully saturated rings. The van der Waals surface area contributed by atoms with E-state index in [2.05, 4.69) is 5.32 Å². The minimum absolute atomic E-state index is 0.0396. The molecule has 0 aromatic heterocycles. The predicted molar refractivity (Wildman–Crippen MR) is 89.3 cm³/mol. The van der Waals surface area contributed by atoms with Crippen molar-refractivity contribution < 1.29 is 14.3 Å². The summed E-state index contributed by atoms with van der Waals surface area (Å²) in [6, 6.07) is 7.63. The Morgan fingerprint density at radius 2 is 1.91 bits per heavy atom. The Balaban J connectivity index is 2.48. The highest BCUT2D eigenvalue weighted by atomic mass is 32.2. The number of carbonyl (C=O) groups is 2. The molecule has 1 aromatic carbocycles. The van der Waals surface area contributed by atoms with Crippen molar-refractivity contribution in [3.8, 4) is 5.75 Å². The topological polar surface area (TPSA) is 58.6 Å². The molecule has 122 valence electrons. The molecule has 0 aliphatic heterocycles. The van der Waals surface area contributed by atoms with E-state index in [1.807, 2.05) is 45.0 Å². The van der Waals surface area contributed by atoms with E-state index in [0.717, 1.165) is 10.6 Å². The van der Waals surface area contributed by atoms with E-state index in [1.54, 1.807) is 12.0 Å². The lowest BCUT2D eigenvalue weighted by Crippen LogP contribution is -2.43. The second-order valence-electron chi connectivity index (χ2n) is 5.09. The third kappa shape index (κ3) is 6.39. The Hall–Kier alpha value is -1.69. The summed E-state index contributed by atoms with van der Waals surface area (Å²) in [5.41, 5.74) is 0. The van der Waals surface area contributed by atoms with E-state index in [4.69, 9.17) is 4.74 Å². The van der Waals surface area contributed by atoms with Gasteiger partial charge in [-0.15, -0.1) is 11.8 Å². The Kier molecular flexibility index (Phi) is 7.80. The van der Waals surface area contributed by atoms with Crippen LogP contribution in [0.3, 0.4) is 0 Å². The van der Waals surface area contributed by atoms with Crippen LogP contribution in [0.4, 0.5) is 0 Å². The molecule has 1 N–H and O–H groups in total. The third-order valence-electron chi connectivity index (χ3n) is 2.94. The molecule has 0 bridgehead atoms. The van der Waals surface area contributed by atoms with Crippen LogP contribution in [0.1, 0.15) is 20.8 Å². The number of methoxy groups -OCH3 is 1. The monoisotopic (exact) mass is 324 g/mol. The number of hydrogen-bond acceptors (Lipinski definition) is 4. The Morgan fingerprint density at radius 3 is 2.41 bits per heavy atom. The summed E-state index contributed by atoms with van der Waals surface area (Å²) in [5, 5.41) is 2.80. The van der Waals surface area contributed by atoms with Crippen molar-refractivity contribution in [2.75, 3.05) is 26.0 Å². The molecule has 0 heterocycles. The fraction of sp³-hybridized carbons (Fsp3) is 0.500. The van der Waals surface area contributed by atoms with Gasteiger partial charge >= 0.3 is 0 Å². The van der Waals surface area contributed by atoms with E-state index in [-0.39, 0.29) is 24.4 Å². The van der Waals surface area contributed by atoms with Crippen molar-refractivity contribution in [3.05, 3.63) is 24.3 Å². The van der Waals surface area contributed by atoms with Crippen LogP contribution in [0.25, 0.3) is 0 Å². The van der Waals surface area contributed by atoms with Gasteiger partial charge in [-0.25, -0.2) is 0 Å². The number of carbonyl (C=O) groups excluding carboxylic acids is 2. The summed E-state index contributed by atoms with van der Waals surface area (Å²) in [5.74, 6) is 0.938. The van der Waals surface area contributed by atoms with Crippen LogP contribution in [-0.2, 0) is 9.59 Å². The molecule has 5 nitrogen and oxygen atoms in total. The fourth-order valence-electron chi connectivity index (χ4n) is 1.83. The second-order valence-corrected chi connectivity index (χ2v) is 6.14. The molecule has 2 amide bonds. The summed E-state index contributed by atoms with van der Waals surface area (Å²) in [6.07, 6.45) is 0. The van der Waals surface area contributed by atoms with Gasteiger partial charge in [-0.3, -0.25) is 9.59 Å². The molecule has 0 saturated heterocycles.